The number of nitrogens with one attached hydrogen (secondary N) is 1. The number of anilines is 1. The van der Waals surface area contributed by atoms with Crippen LogP contribution in [-0.2, 0) is 19.1 Å². The molecule has 0 atom stereocenters. The first-order valence-electron chi connectivity index (χ1n) is 6.80. The molecule has 8 nitrogen and oxygen atoms in total. The molecule has 23 heavy (non-hydrogen) atoms. The summed E-state index contributed by atoms with van der Waals surface area (Å²) in [7, 11) is 0. The highest BCUT2D eigenvalue weighted by Gasteiger charge is 2.39. The molecule has 0 radical (unpaired) electrons. The lowest BCUT2D eigenvalue weighted by Crippen LogP contribution is -2.42. The van der Waals surface area contributed by atoms with Crippen LogP contribution in [-0.4, -0.2) is 22.6 Å². The largest absolute Gasteiger partial charge is 0.419 e. The molecular weight excluding hydrogens is 304 g/mol. The molecule has 1 N–H and O–H groups in total. The first-order chi connectivity index (χ1) is 10.6. The lowest BCUT2D eigenvalue weighted by molar-refractivity contribution is -0.384. The van der Waals surface area contributed by atoms with Gasteiger partial charge in [0.15, 0.2) is 5.57 Å². The molecule has 0 spiro atoms. The summed E-state index contributed by atoms with van der Waals surface area (Å²) in [5.74, 6) is -3.05. The Labute approximate surface area is 132 Å². The fourth-order valence-corrected chi connectivity index (χ4v) is 2.06. The van der Waals surface area contributed by atoms with Crippen molar-refractivity contribution in [3.05, 3.63) is 45.1 Å². The number of ether oxygens (including phenoxy) is 2. The summed E-state index contributed by atoms with van der Waals surface area (Å²) in [6, 6.07) is 2.97. The van der Waals surface area contributed by atoms with Crippen LogP contribution < -0.4 is 5.32 Å². The van der Waals surface area contributed by atoms with Crippen molar-refractivity contribution in [1.29, 1.82) is 0 Å². The van der Waals surface area contributed by atoms with E-state index in [2.05, 4.69) is 5.32 Å². The predicted octanol–water partition coefficient (Wildman–Crippen LogP) is 2.34. The second-order valence-electron chi connectivity index (χ2n) is 5.54. The smallest absolute Gasteiger partial charge is 0.350 e. The van der Waals surface area contributed by atoms with Crippen molar-refractivity contribution in [2.45, 2.75) is 33.5 Å². The third-order valence-corrected chi connectivity index (χ3v) is 3.39. The summed E-state index contributed by atoms with van der Waals surface area (Å²) in [6.45, 7) is 6.36. The minimum Gasteiger partial charge on any atom is -0.419 e. The van der Waals surface area contributed by atoms with Crippen LogP contribution in [0.3, 0.4) is 0 Å². The predicted molar refractivity (Wildman–Crippen MR) is 80.5 cm³/mol. The average molecular weight is 320 g/mol. The molecule has 1 aromatic carbocycles. The maximum absolute atomic E-state index is 11.8. The summed E-state index contributed by atoms with van der Waals surface area (Å²) in [5, 5.41) is 13.8. The minimum atomic E-state index is -1.34. The van der Waals surface area contributed by atoms with Crippen LogP contribution in [0.25, 0.3) is 0 Å². The molecule has 0 amide bonds. The van der Waals surface area contributed by atoms with E-state index in [4.69, 9.17) is 9.47 Å². The number of rotatable bonds is 3. The quantitative estimate of drug-likeness (QED) is 0.299. The molecule has 2 rings (SSSR count). The number of esters is 2. The molecule has 1 heterocycles. The Morgan fingerprint density at radius 1 is 1.17 bits per heavy atom. The van der Waals surface area contributed by atoms with Gasteiger partial charge in [0, 0.05) is 26.1 Å². The van der Waals surface area contributed by atoms with Crippen molar-refractivity contribution in [2.75, 3.05) is 5.32 Å². The lowest BCUT2D eigenvalue weighted by Gasteiger charge is -2.29. The van der Waals surface area contributed by atoms with E-state index < -0.39 is 22.6 Å². The Bertz CT molecular complexity index is 714. The Kier molecular flexibility index (Phi) is 4.09. The molecule has 122 valence electrons. The highest BCUT2D eigenvalue weighted by Crippen LogP contribution is 2.31. The molecule has 0 aromatic heterocycles. The van der Waals surface area contributed by atoms with Crippen LogP contribution in [0.4, 0.5) is 11.4 Å². The van der Waals surface area contributed by atoms with Crippen LogP contribution in [0.5, 0.6) is 0 Å². The highest BCUT2D eigenvalue weighted by molar-refractivity contribution is 6.15. The first kappa shape index (κ1) is 16.5. The van der Waals surface area contributed by atoms with Crippen LogP contribution in [0.1, 0.15) is 25.0 Å². The first-order valence-corrected chi connectivity index (χ1v) is 6.80. The van der Waals surface area contributed by atoms with Gasteiger partial charge in [0.2, 0.25) is 0 Å². The SMILES string of the molecule is Cc1ccc([N+](=O)[O-])c(NC=C2C(=O)OC(C)(C)OC2=O)c1C. The van der Waals surface area contributed by atoms with E-state index in [9.17, 15) is 19.7 Å². The number of nitrogens with zero attached hydrogens (tertiary/aromatic N) is 1. The number of hydrogen-bond donors (Lipinski definition) is 1. The van der Waals surface area contributed by atoms with Crippen LogP contribution in [0.2, 0.25) is 0 Å². The van der Waals surface area contributed by atoms with E-state index in [1.165, 1.54) is 19.9 Å². The normalized spacial score (nSPS) is 16.4. The summed E-state index contributed by atoms with van der Waals surface area (Å²) < 4.78 is 9.91. The number of carbonyl (C=O) groups excluding carboxylic acids is 2. The number of hydrogen-bond acceptors (Lipinski definition) is 7. The van der Waals surface area contributed by atoms with E-state index in [-0.39, 0.29) is 16.9 Å². The molecule has 0 unspecified atom stereocenters. The van der Waals surface area contributed by atoms with Gasteiger partial charge in [0.1, 0.15) is 5.69 Å². The van der Waals surface area contributed by atoms with E-state index in [1.54, 1.807) is 19.9 Å². The second-order valence-corrected chi connectivity index (χ2v) is 5.54. The van der Waals surface area contributed by atoms with Gasteiger partial charge in [-0.2, -0.15) is 0 Å². The van der Waals surface area contributed by atoms with Gasteiger partial charge in [-0.25, -0.2) is 9.59 Å². The minimum absolute atomic E-state index is 0.164. The Hall–Kier alpha value is -2.90. The fraction of sp³-hybridized carbons (Fsp3) is 0.333. The van der Waals surface area contributed by atoms with Crippen LogP contribution in [0, 0.1) is 24.0 Å². The van der Waals surface area contributed by atoms with E-state index in [1.807, 2.05) is 0 Å². The van der Waals surface area contributed by atoms with Gasteiger partial charge in [-0.05, 0) is 25.0 Å². The van der Waals surface area contributed by atoms with Crippen LogP contribution >= 0.6 is 0 Å². The van der Waals surface area contributed by atoms with E-state index in [0.717, 1.165) is 11.8 Å². The Balaban J connectivity index is 2.37. The molecular formula is C15H16N2O6. The number of nitro groups is 1. The summed E-state index contributed by atoms with van der Waals surface area (Å²) in [5.41, 5.74) is 1.13. The van der Waals surface area contributed by atoms with Gasteiger partial charge in [0.05, 0.1) is 4.92 Å². The summed E-state index contributed by atoms with van der Waals surface area (Å²) >= 11 is 0. The average Bonchev–Trinajstić information content (AvgIpc) is 2.40. The van der Waals surface area contributed by atoms with E-state index in [0.29, 0.717) is 5.56 Å². The number of aryl methyl sites for hydroxylation is 1. The van der Waals surface area contributed by atoms with Crippen molar-refractivity contribution >= 4 is 23.3 Å². The zero-order valence-corrected chi connectivity index (χ0v) is 13.1. The van der Waals surface area contributed by atoms with Gasteiger partial charge in [-0.3, -0.25) is 10.1 Å². The van der Waals surface area contributed by atoms with Crippen molar-refractivity contribution in [3.8, 4) is 0 Å². The van der Waals surface area contributed by atoms with Gasteiger partial charge in [-0.15, -0.1) is 0 Å². The molecule has 0 aliphatic carbocycles. The van der Waals surface area contributed by atoms with Crippen LogP contribution in [0.15, 0.2) is 23.9 Å². The van der Waals surface area contributed by atoms with Gasteiger partial charge >= 0.3 is 11.9 Å². The molecule has 0 bridgehead atoms. The van der Waals surface area contributed by atoms with Gasteiger partial charge < -0.3 is 14.8 Å². The number of benzene rings is 1. The molecule has 1 fully saturated rings. The monoisotopic (exact) mass is 320 g/mol. The van der Waals surface area contributed by atoms with E-state index >= 15 is 0 Å². The van der Waals surface area contributed by atoms with Gasteiger partial charge in [0.25, 0.3) is 11.5 Å². The molecule has 1 aliphatic heterocycles. The van der Waals surface area contributed by atoms with Crippen molar-refractivity contribution in [1.82, 2.24) is 0 Å². The van der Waals surface area contributed by atoms with Crippen molar-refractivity contribution in [2.24, 2.45) is 0 Å². The molecule has 0 saturated carbocycles. The lowest BCUT2D eigenvalue weighted by atomic mass is 10.1. The summed E-state index contributed by atoms with van der Waals surface area (Å²) in [4.78, 5) is 34.3. The zero-order chi connectivity index (χ0) is 17.4. The summed E-state index contributed by atoms with van der Waals surface area (Å²) in [6.07, 6.45) is 1.06. The number of carbonyl (C=O) groups is 2. The highest BCUT2D eigenvalue weighted by atomic mass is 16.7. The number of cyclic esters (lactones) is 2. The molecule has 1 aromatic rings. The third-order valence-electron chi connectivity index (χ3n) is 3.39. The maximum atomic E-state index is 11.8. The number of nitro benzene ring substituents is 1. The molecule has 1 aliphatic rings. The Morgan fingerprint density at radius 3 is 2.26 bits per heavy atom. The second kappa shape index (κ2) is 5.71. The standard InChI is InChI=1S/C15H16N2O6/c1-8-5-6-11(17(20)21)12(9(8)2)16-7-10-13(18)22-15(3,4)23-14(10)19/h5-7,16H,1-4H3. The Morgan fingerprint density at radius 2 is 1.74 bits per heavy atom. The van der Waals surface area contributed by atoms with Gasteiger partial charge in [-0.1, -0.05) is 6.07 Å². The van der Waals surface area contributed by atoms with Crippen molar-refractivity contribution < 1.29 is 24.0 Å². The maximum Gasteiger partial charge on any atom is 0.350 e. The molecule has 8 heteroatoms. The zero-order valence-electron chi connectivity index (χ0n) is 13.1. The topological polar surface area (TPSA) is 108 Å². The van der Waals surface area contributed by atoms with Crippen molar-refractivity contribution in [3.63, 3.8) is 0 Å². The molecule has 1 saturated heterocycles. The third kappa shape index (κ3) is 3.31. The fourth-order valence-electron chi connectivity index (χ4n) is 2.06.